The SMILES string of the molecule is Cc1cccc(OCc2nnc(SCC(N)=O)n2C)c1. The second-order valence-corrected chi connectivity index (χ2v) is 5.26. The zero-order valence-corrected chi connectivity index (χ0v) is 12.2. The van der Waals surface area contributed by atoms with Crippen molar-refractivity contribution in [3.8, 4) is 5.75 Å². The fourth-order valence-corrected chi connectivity index (χ4v) is 2.25. The third-order valence-electron chi connectivity index (χ3n) is 2.63. The molecule has 1 aromatic heterocycles. The third-order valence-corrected chi connectivity index (χ3v) is 3.67. The van der Waals surface area contributed by atoms with Crippen LogP contribution < -0.4 is 10.5 Å². The first kappa shape index (κ1) is 14.4. The second-order valence-electron chi connectivity index (χ2n) is 4.32. The molecule has 1 aromatic carbocycles. The summed E-state index contributed by atoms with van der Waals surface area (Å²) < 4.78 is 7.46. The molecule has 0 spiro atoms. The van der Waals surface area contributed by atoms with E-state index in [2.05, 4.69) is 10.2 Å². The fourth-order valence-electron chi connectivity index (χ4n) is 1.59. The molecule has 0 unspecified atom stereocenters. The van der Waals surface area contributed by atoms with Gasteiger partial charge in [-0.2, -0.15) is 0 Å². The quantitative estimate of drug-likeness (QED) is 0.811. The number of nitrogens with two attached hydrogens (primary N) is 1. The first-order valence-corrected chi connectivity index (χ1v) is 7.03. The summed E-state index contributed by atoms with van der Waals surface area (Å²) in [4.78, 5) is 10.8. The summed E-state index contributed by atoms with van der Waals surface area (Å²) in [6, 6.07) is 7.80. The Labute approximate surface area is 121 Å². The number of hydrogen-bond donors (Lipinski definition) is 1. The number of thioether (sulfide) groups is 1. The molecule has 0 aliphatic carbocycles. The highest BCUT2D eigenvalue weighted by molar-refractivity contribution is 7.99. The number of amides is 1. The molecule has 0 bridgehead atoms. The Bertz CT molecular complexity index is 612. The van der Waals surface area contributed by atoms with Crippen molar-refractivity contribution in [2.75, 3.05) is 5.75 Å². The van der Waals surface area contributed by atoms with Gasteiger partial charge in [-0.3, -0.25) is 4.79 Å². The minimum Gasteiger partial charge on any atom is -0.486 e. The van der Waals surface area contributed by atoms with Gasteiger partial charge in [0, 0.05) is 7.05 Å². The van der Waals surface area contributed by atoms with E-state index < -0.39 is 0 Å². The fraction of sp³-hybridized carbons (Fsp3) is 0.308. The lowest BCUT2D eigenvalue weighted by Crippen LogP contribution is -2.13. The van der Waals surface area contributed by atoms with Crippen molar-refractivity contribution in [2.24, 2.45) is 12.8 Å². The molecule has 7 heteroatoms. The molecule has 1 heterocycles. The number of carbonyl (C=O) groups excluding carboxylic acids is 1. The molecule has 0 aliphatic heterocycles. The van der Waals surface area contributed by atoms with E-state index in [-0.39, 0.29) is 11.7 Å². The maximum atomic E-state index is 10.8. The van der Waals surface area contributed by atoms with E-state index in [9.17, 15) is 4.79 Å². The number of aromatic nitrogens is 3. The van der Waals surface area contributed by atoms with Crippen LogP contribution in [0.15, 0.2) is 29.4 Å². The lowest BCUT2D eigenvalue weighted by Gasteiger charge is -2.06. The Balaban J connectivity index is 1.98. The van der Waals surface area contributed by atoms with Crippen molar-refractivity contribution in [1.82, 2.24) is 14.8 Å². The zero-order valence-electron chi connectivity index (χ0n) is 11.4. The topological polar surface area (TPSA) is 83.0 Å². The summed E-state index contributed by atoms with van der Waals surface area (Å²) in [7, 11) is 1.83. The van der Waals surface area contributed by atoms with Crippen molar-refractivity contribution in [1.29, 1.82) is 0 Å². The molecule has 2 N–H and O–H groups in total. The average molecular weight is 292 g/mol. The normalized spacial score (nSPS) is 10.5. The predicted molar refractivity (Wildman–Crippen MR) is 76.4 cm³/mol. The van der Waals surface area contributed by atoms with Gasteiger partial charge in [-0.25, -0.2) is 0 Å². The monoisotopic (exact) mass is 292 g/mol. The number of hydrogen-bond acceptors (Lipinski definition) is 5. The van der Waals surface area contributed by atoms with Gasteiger partial charge in [-0.15, -0.1) is 10.2 Å². The lowest BCUT2D eigenvalue weighted by atomic mass is 10.2. The highest BCUT2D eigenvalue weighted by Crippen LogP contribution is 2.17. The number of nitrogens with zero attached hydrogens (tertiary/aromatic N) is 3. The van der Waals surface area contributed by atoms with E-state index >= 15 is 0 Å². The van der Waals surface area contributed by atoms with Crippen LogP contribution in [0.4, 0.5) is 0 Å². The van der Waals surface area contributed by atoms with E-state index in [0.717, 1.165) is 11.3 Å². The van der Waals surface area contributed by atoms with Crippen LogP contribution in [-0.2, 0) is 18.4 Å². The van der Waals surface area contributed by atoms with Crippen LogP contribution in [0.2, 0.25) is 0 Å². The van der Waals surface area contributed by atoms with E-state index in [0.29, 0.717) is 17.6 Å². The summed E-state index contributed by atoms with van der Waals surface area (Å²) >= 11 is 1.26. The first-order chi connectivity index (χ1) is 9.56. The maximum Gasteiger partial charge on any atom is 0.227 e. The third kappa shape index (κ3) is 3.74. The number of carbonyl (C=O) groups is 1. The number of aryl methyl sites for hydroxylation is 1. The molecule has 106 valence electrons. The first-order valence-electron chi connectivity index (χ1n) is 6.05. The van der Waals surface area contributed by atoms with Gasteiger partial charge in [0.1, 0.15) is 12.4 Å². The summed E-state index contributed by atoms with van der Waals surface area (Å²) in [5, 5.41) is 8.70. The molecule has 2 aromatic rings. The lowest BCUT2D eigenvalue weighted by molar-refractivity contribution is -0.115. The summed E-state index contributed by atoms with van der Waals surface area (Å²) in [6.45, 7) is 2.33. The molecule has 6 nitrogen and oxygen atoms in total. The van der Waals surface area contributed by atoms with Gasteiger partial charge in [0.05, 0.1) is 5.75 Å². The number of benzene rings is 1. The Kier molecular flexibility index (Phi) is 4.62. The Hall–Kier alpha value is -2.02. The number of primary amides is 1. The highest BCUT2D eigenvalue weighted by atomic mass is 32.2. The van der Waals surface area contributed by atoms with Gasteiger partial charge < -0.3 is 15.0 Å². The minimum atomic E-state index is -0.379. The smallest absolute Gasteiger partial charge is 0.227 e. The van der Waals surface area contributed by atoms with E-state index in [1.807, 2.05) is 38.2 Å². The van der Waals surface area contributed by atoms with Gasteiger partial charge in [0.2, 0.25) is 5.91 Å². The molecular weight excluding hydrogens is 276 g/mol. The Morgan fingerprint density at radius 1 is 1.45 bits per heavy atom. The van der Waals surface area contributed by atoms with E-state index in [1.165, 1.54) is 11.8 Å². The average Bonchev–Trinajstić information content (AvgIpc) is 2.75. The molecular formula is C13H16N4O2S. The van der Waals surface area contributed by atoms with Gasteiger partial charge >= 0.3 is 0 Å². The predicted octanol–water partition coefficient (Wildman–Crippen LogP) is 1.28. The van der Waals surface area contributed by atoms with Crippen LogP contribution in [0.1, 0.15) is 11.4 Å². The van der Waals surface area contributed by atoms with Gasteiger partial charge in [-0.1, -0.05) is 23.9 Å². The Morgan fingerprint density at radius 2 is 2.25 bits per heavy atom. The van der Waals surface area contributed by atoms with Crippen LogP contribution >= 0.6 is 11.8 Å². The van der Waals surface area contributed by atoms with Crippen molar-refractivity contribution in [3.05, 3.63) is 35.7 Å². The molecule has 2 rings (SSSR count). The second kappa shape index (κ2) is 6.42. The molecule has 0 saturated carbocycles. The summed E-state index contributed by atoms with van der Waals surface area (Å²) in [5.41, 5.74) is 6.24. The Morgan fingerprint density at radius 3 is 2.95 bits per heavy atom. The van der Waals surface area contributed by atoms with Gasteiger partial charge in [0.15, 0.2) is 11.0 Å². The van der Waals surface area contributed by atoms with Crippen molar-refractivity contribution >= 4 is 17.7 Å². The number of ether oxygens (including phenoxy) is 1. The number of rotatable bonds is 6. The van der Waals surface area contributed by atoms with Crippen LogP contribution in [0.25, 0.3) is 0 Å². The van der Waals surface area contributed by atoms with Gasteiger partial charge in [0.25, 0.3) is 0 Å². The van der Waals surface area contributed by atoms with Crippen molar-refractivity contribution in [2.45, 2.75) is 18.7 Å². The molecule has 20 heavy (non-hydrogen) atoms. The molecule has 0 saturated heterocycles. The highest BCUT2D eigenvalue weighted by Gasteiger charge is 2.10. The molecule has 0 aliphatic rings. The van der Waals surface area contributed by atoms with Crippen LogP contribution in [0, 0.1) is 6.92 Å². The maximum absolute atomic E-state index is 10.8. The minimum absolute atomic E-state index is 0.185. The summed E-state index contributed by atoms with van der Waals surface area (Å²) in [5.74, 6) is 1.29. The molecule has 1 amide bonds. The van der Waals surface area contributed by atoms with Crippen LogP contribution in [0.3, 0.4) is 0 Å². The molecule has 0 radical (unpaired) electrons. The van der Waals surface area contributed by atoms with Gasteiger partial charge in [-0.05, 0) is 24.6 Å². The van der Waals surface area contributed by atoms with E-state index in [4.69, 9.17) is 10.5 Å². The zero-order chi connectivity index (χ0) is 14.5. The molecule has 0 fully saturated rings. The van der Waals surface area contributed by atoms with Crippen molar-refractivity contribution < 1.29 is 9.53 Å². The van der Waals surface area contributed by atoms with Crippen LogP contribution in [0.5, 0.6) is 5.75 Å². The van der Waals surface area contributed by atoms with E-state index in [1.54, 1.807) is 4.57 Å². The van der Waals surface area contributed by atoms with Crippen LogP contribution in [-0.4, -0.2) is 26.4 Å². The van der Waals surface area contributed by atoms with Crippen molar-refractivity contribution in [3.63, 3.8) is 0 Å². The standard InChI is InChI=1S/C13H16N4O2S/c1-9-4-3-5-10(6-9)19-7-12-15-16-13(17(12)2)20-8-11(14)18/h3-6H,7-8H2,1-2H3,(H2,14,18). The molecule has 0 atom stereocenters. The largest absolute Gasteiger partial charge is 0.486 e. The summed E-state index contributed by atoms with van der Waals surface area (Å²) in [6.07, 6.45) is 0.